The summed E-state index contributed by atoms with van der Waals surface area (Å²) in [6, 6.07) is 8.25. The molecule has 38 heavy (non-hydrogen) atoms. The van der Waals surface area contributed by atoms with Gasteiger partial charge in [0.15, 0.2) is 0 Å². The molecule has 2 aliphatic rings. The van der Waals surface area contributed by atoms with Crippen LogP contribution in [-0.2, 0) is 9.53 Å². The molecular weight excluding hydrogens is 482 g/mol. The second-order valence-corrected chi connectivity index (χ2v) is 10.2. The molecule has 0 radical (unpaired) electrons. The molecule has 0 unspecified atom stereocenters. The molecule has 0 saturated carbocycles. The van der Waals surface area contributed by atoms with Crippen molar-refractivity contribution in [3.05, 3.63) is 42.4 Å². The summed E-state index contributed by atoms with van der Waals surface area (Å²) in [6.45, 7) is 11.8. The highest BCUT2D eigenvalue weighted by atomic mass is 16.5. The normalized spacial score (nSPS) is 16.7. The maximum Gasteiger partial charge on any atom is 0.222 e. The zero-order chi connectivity index (χ0) is 26.5. The number of aromatic nitrogens is 3. The Labute approximate surface area is 223 Å². The highest BCUT2D eigenvalue weighted by Crippen LogP contribution is 2.31. The Bertz CT molecular complexity index is 1280. The van der Waals surface area contributed by atoms with E-state index in [1.54, 1.807) is 10.7 Å². The number of pyridine rings is 2. The lowest BCUT2D eigenvalue weighted by Gasteiger charge is -2.35. The molecule has 0 spiro atoms. The molecular formula is C28H35N7O3. The first-order chi connectivity index (χ1) is 18.5. The maximum atomic E-state index is 12.4. The van der Waals surface area contributed by atoms with E-state index in [9.17, 15) is 10.1 Å². The number of amides is 1. The largest absolute Gasteiger partial charge is 0.491 e. The van der Waals surface area contributed by atoms with E-state index in [-0.39, 0.29) is 5.91 Å². The Hall–Kier alpha value is -3.68. The number of rotatable bonds is 8. The van der Waals surface area contributed by atoms with Crippen molar-refractivity contribution in [2.45, 2.75) is 20.3 Å². The minimum absolute atomic E-state index is 0.230. The molecule has 10 nitrogen and oxygen atoms in total. The number of piperazine rings is 1. The molecule has 0 aromatic carbocycles. The third-order valence-electron chi connectivity index (χ3n) is 7.09. The molecule has 2 aliphatic heterocycles. The van der Waals surface area contributed by atoms with E-state index in [2.05, 4.69) is 34.8 Å². The maximum absolute atomic E-state index is 12.4. The summed E-state index contributed by atoms with van der Waals surface area (Å²) in [5.74, 6) is 2.17. The van der Waals surface area contributed by atoms with Crippen molar-refractivity contribution < 1.29 is 14.3 Å². The number of nitrogens with zero attached hydrogens (tertiary/aromatic N) is 7. The van der Waals surface area contributed by atoms with Crippen molar-refractivity contribution >= 4 is 17.2 Å². The molecule has 1 amide bonds. The van der Waals surface area contributed by atoms with Gasteiger partial charge in [-0.3, -0.25) is 9.69 Å². The second kappa shape index (κ2) is 11.8. The zero-order valence-corrected chi connectivity index (χ0v) is 22.2. The van der Waals surface area contributed by atoms with Gasteiger partial charge in [0, 0.05) is 69.6 Å². The number of hydrogen-bond acceptors (Lipinski definition) is 8. The van der Waals surface area contributed by atoms with Crippen molar-refractivity contribution in [2.24, 2.45) is 5.92 Å². The van der Waals surface area contributed by atoms with Crippen LogP contribution in [0.1, 0.15) is 25.8 Å². The van der Waals surface area contributed by atoms with Gasteiger partial charge < -0.3 is 19.3 Å². The average molecular weight is 518 g/mol. The molecule has 3 aromatic heterocycles. The third kappa shape index (κ3) is 5.90. The van der Waals surface area contributed by atoms with Crippen molar-refractivity contribution in [1.29, 1.82) is 5.26 Å². The molecule has 0 aliphatic carbocycles. The fourth-order valence-electron chi connectivity index (χ4n) is 4.99. The number of hydrogen-bond donors (Lipinski definition) is 0. The fourth-order valence-corrected chi connectivity index (χ4v) is 4.99. The molecule has 0 atom stereocenters. The Kier molecular flexibility index (Phi) is 8.05. The molecule has 0 N–H and O–H groups in total. The fraction of sp³-hybridized carbons (Fsp3) is 0.500. The van der Waals surface area contributed by atoms with E-state index in [0.717, 1.165) is 68.4 Å². The van der Waals surface area contributed by atoms with Gasteiger partial charge in [-0.2, -0.15) is 10.4 Å². The van der Waals surface area contributed by atoms with Crippen LogP contribution in [0.3, 0.4) is 0 Å². The van der Waals surface area contributed by atoms with Crippen LogP contribution in [-0.4, -0.2) is 95.9 Å². The van der Waals surface area contributed by atoms with Crippen LogP contribution >= 0.6 is 0 Å². The van der Waals surface area contributed by atoms with Gasteiger partial charge in [-0.15, -0.1) is 0 Å². The first kappa shape index (κ1) is 25.9. The molecule has 5 rings (SSSR count). The summed E-state index contributed by atoms with van der Waals surface area (Å²) in [7, 11) is 0. The summed E-state index contributed by atoms with van der Waals surface area (Å²) in [5.41, 5.74) is 2.98. The lowest BCUT2D eigenvalue weighted by Crippen LogP contribution is -2.49. The van der Waals surface area contributed by atoms with Crippen LogP contribution in [0.4, 0.5) is 5.82 Å². The predicted octanol–water partition coefficient (Wildman–Crippen LogP) is 2.67. The lowest BCUT2D eigenvalue weighted by molar-refractivity contribution is -0.132. The van der Waals surface area contributed by atoms with Gasteiger partial charge in [-0.1, -0.05) is 13.8 Å². The lowest BCUT2D eigenvalue weighted by atomic mass is 10.1. The van der Waals surface area contributed by atoms with Crippen LogP contribution in [0.5, 0.6) is 5.75 Å². The van der Waals surface area contributed by atoms with E-state index >= 15 is 0 Å². The zero-order valence-electron chi connectivity index (χ0n) is 22.2. The number of carbonyl (C=O) groups is 1. The van der Waals surface area contributed by atoms with E-state index in [4.69, 9.17) is 14.5 Å². The molecule has 200 valence electrons. The van der Waals surface area contributed by atoms with E-state index in [0.29, 0.717) is 43.3 Å². The van der Waals surface area contributed by atoms with Crippen LogP contribution in [0, 0.1) is 17.2 Å². The molecule has 5 heterocycles. The number of fused-ring (bicyclic) bond motifs is 1. The van der Waals surface area contributed by atoms with Gasteiger partial charge in [0.25, 0.3) is 0 Å². The molecule has 10 heteroatoms. The quantitative estimate of drug-likeness (QED) is 0.450. The molecule has 3 aromatic rings. The van der Waals surface area contributed by atoms with E-state index in [1.165, 1.54) is 0 Å². The summed E-state index contributed by atoms with van der Waals surface area (Å²) < 4.78 is 13.2. The minimum atomic E-state index is 0.230. The van der Waals surface area contributed by atoms with Gasteiger partial charge in [-0.05, 0) is 24.1 Å². The van der Waals surface area contributed by atoms with Gasteiger partial charge in [-0.25, -0.2) is 9.50 Å². The number of carbonyl (C=O) groups excluding carboxylic acids is 1. The highest BCUT2D eigenvalue weighted by Gasteiger charge is 2.22. The van der Waals surface area contributed by atoms with Gasteiger partial charge in [0.1, 0.15) is 24.2 Å². The number of anilines is 1. The summed E-state index contributed by atoms with van der Waals surface area (Å²) >= 11 is 0. The minimum Gasteiger partial charge on any atom is -0.491 e. The number of ether oxygens (including phenoxy) is 2. The molecule has 0 bridgehead atoms. The first-order valence-corrected chi connectivity index (χ1v) is 13.4. The third-order valence-corrected chi connectivity index (χ3v) is 7.09. The van der Waals surface area contributed by atoms with Gasteiger partial charge in [0.2, 0.25) is 5.91 Å². The van der Waals surface area contributed by atoms with E-state index < -0.39 is 0 Å². The molecule has 2 fully saturated rings. The Morgan fingerprint density at radius 3 is 2.61 bits per heavy atom. The van der Waals surface area contributed by atoms with Crippen molar-refractivity contribution in [3.63, 3.8) is 0 Å². The highest BCUT2D eigenvalue weighted by molar-refractivity contribution is 5.85. The monoisotopic (exact) mass is 517 g/mol. The van der Waals surface area contributed by atoms with Crippen LogP contribution in [0.2, 0.25) is 0 Å². The standard InChI is InChI=1S/C28H35N7O3/c1-21(2)15-27(36)34-7-5-33(6-8-34)26-4-3-22(18-30-26)25-16-24(20-35-28(25)23(17-29)19-31-35)38-14-11-32-9-12-37-13-10-32/h3-4,16,18-21H,5-15H2,1-2H3. The Balaban J connectivity index is 1.30. The smallest absolute Gasteiger partial charge is 0.222 e. The number of morpholine rings is 1. The second-order valence-electron chi connectivity index (χ2n) is 10.2. The van der Waals surface area contributed by atoms with Gasteiger partial charge >= 0.3 is 0 Å². The summed E-state index contributed by atoms with van der Waals surface area (Å²) in [5, 5.41) is 14.1. The first-order valence-electron chi connectivity index (χ1n) is 13.4. The Morgan fingerprint density at radius 1 is 1.13 bits per heavy atom. The van der Waals surface area contributed by atoms with Crippen LogP contribution in [0.25, 0.3) is 16.6 Å². The Morgan fingerprint density at radius 2 is 1.92 bits per heavy atom. The topological polar surface area (TPSA) is 99.2 Å². The summed E-state index contributed by atoms with van der Waals surface area (Å²) in [4.78, 5) is 23.6. The van der Waals surface area contributed by atoms with Crippen molar-refractivity contribution in [3.8, 4) is 22.9 Å². The predicted molar refractivity (Wildman–Crippen MR) is 144 cm³/mol. The SMILES string of the molecule is CC(C)CC(=O)N1CCN(c2ccc(-c3cc(OCCN4CCOCC4)cn4ncc(C#N)c34)cn2)CC1. The van der Waals surface area contributed by atoms with Crippen LogP contribution < -0.4 is 9.64 Å². The molecule has 2 saturated heterocycles. The van der Waals surface area contributed by atoms with Crippen molar-refractivity contribution in [1.82, 2.24) is 24.4 Å². The summed E-state index contributed by atoms with van der Waals surface area (Å²) in [6.07, 6.45) is 5.84. The number of nitriles is 1. The van der Waals surface area contributed by atoms with E-state index in [1.807, 2.05) is 35.5 Å². The average Bonchev–Trinajstić information content (AvgIpc) is 3.36. The van der Waals surface area contributed by atoms with Crippen LogP contribution in [0.15, 0.2) is 36.8 Å². The van der Waals surface area contributed by atoms with Crippen molar-refractivity contribution in [2.75, 3.05) is 70.5 Å². The van der Waals surface area contributed by atoms with Gasteiger partial charge in [0.05, 0.1) is 36.7 Å².